The molecule has 4 nitrogen and oxygen atoms in total. The number of aromatic nitrogens is 1. The molecule has 2 atom stereocenters. The van der Waals surface area contributed by atoms with Crippen molar-refractivity contribution < 1.29 is 4.79 Å². The van der Waals surface area contributed by atoms with E-state index >= 15 is 0 Å². The molecular formula is C13H19N3O. The second-order valence-electron chi connectivity index (χ2n) is 4.70. The summed E-state index contributed by atoms with van der Waals surface area (Å²) in [6.45, 7) is 0.576. The van der Waals surface area contributed by atoms with Gasteiger partial charge in [-0.2, -0.15) is 0 Å². The molecule has 1 aromatic rings. The largest absolute Gasteiger partial charge is 0.352 e. The third-order valence-corrected chi connectivity index (χ3v) is 3.30. The van der Waals surface area contributed by atoms with Crippen molar-refractivity contribution in [3.63, 3.8) is 0 Å². The minimum Gasteiger partial charge on any atom is -0.352 e. The second kappa shape index (κ2) is 5.77. The number of carbonyl (C=O) groups excluding carboxylic acids is 1. The lowest BCUT2D eigenvalue weighted by Gasteiger charge is -2.25. The number of amides is 1. The fourth-order valence-electron chi connectivity index (χ4n) is 2.30. The van der Waals surface area contributed by atoms with Gasteiger partial charge in [0.15, 0.2) is 0 Å². The van der Waals surface area contributed by atoms with Crippen LogP contribution in [-0.2, 0) is 11.3 Å². The summed E-state index contributed by atoms with van der Waals surface area (Å²) in [6.07, 6.45) is 7.37. The highest BCUT2D eigenvalue weighted by molar-refractivity contribution is 5.78. The van der Waals surface area contributed by atoms with E-state index in [0.717, 1.165) is 31.2 Å². The van der Waals surface area contributed by atoms with Crippen molar-refractivity contribution >= 4 is 5.91 Å². The first-order chi connectivity index (χ1) is 8.25. The first kappa shape index (κ1) is 12.0. The predicted octanol–water partition coefficient (Wildman–Crippen LogP) is 1.22. The molecule has 1 fully saturated rings. The summed E-state index contributed by atoms with van der Waals surface area (Å²) in [4.78, 5) is 15.9. The Morgan fingerprint density at radius 2 is 2.18 bits per heavy atom. The molecule has 2 rings (SSSR count). The first-order valence-electron chi connectivity index (χ1n) is 6.18. The summed E-state index contributed by atoms with van der Waals surface area (Å²) in [6, 6.07) is 4.01. The molecule has 92 valence electrons. The number of nitrogens with one attached hydrogen (secondary N) is 1. The van der Waals surface area contributed by atoms with Crippen LogP contribution in [0.5, 0.6) is 0 Å². The Bertz CT molecular complexity index is 366. The molecule has 1 aliphatic carbocycles. The van der Waals surface area contributed by atoms with Crippen LogP contribution in [0.4, 0.5) is 0 Å². The van der Waals surface area contributed by atoms with E-state index in [1.54, 1.807) is 12.4 Å². The Labute approximate surface area is 102 Å². The SMILES string of the molecule is NC1CCCC(C(=O)NCc2ccncc2)C1. The van der Waals surface area contributed by atoms with Gasteiger partial charge in [-0.15, -0.1) is 0 Å². The third-order valence-electron chi connectivity index (χ3n) is 3.30. The van der Waals surface area contributed by atoms with Gasteiger partial charge >= 0.3 is 0 Å². The minimum atomic E-state index is 0.0978. The fraction of sp³-hybridized carbons (Fsp3) is 0.538. The predicted molar refractivity (Wildman–Crippen MR) is 66.0 cm³/mol. The molecule has 0 aliphatic heterocycles. The van der Waals surface area contributed by atoms with Crippen LogP contribution in [0, 0.1) is 5.92 Å². The van der Waals surface area contributed by atoms with Crippen molar-refractivity contribution in [2.24, 2.45) is 11.7 Å². The van der Waals surface area contributed by atoms with Crippen LogP contribution < -0.4 is 11.1 Å². The zero-order chi connectivity index (χ0) is 12.1. The molecule has 0 radical (unpaired) electrons. The van der Waals surface area contributed by atoms with Crippen molar-refractivity contribution in [3.8, 4) is 0 Å². The van der Waals surface area contributed by atoms with Gasteiger partial charge in [0.05, 0.1) is 0 Å². The average molecular weight is 233 g/mol. The van der Waals surface area contributed by atoms with Crippen molar-refractivity contribution in [3.05, 3.63) is 30.1 Å². The maximum absolute atomic E-state index is 11.9. The van der Waals surface area contributed by atoms with Gasteiger partial charge in [0.1, 0.15) is 0 Å². The lowest BCUT2D eigenvalue weighted by atomic mass is 9.85. The van der Waals surface area contributed by atoms with Gasteiger partial charge in [0.2, 0.25) is 5.91 Å². The molecule has 1 saturated carbocycles. The van der Waals surface area contributed by atoms with Crippen molar-refractivity contribution in [1.82, 2.24) is 10.3 Å². The number of hydrogen-bond acceptors (Lipinski definition) is 3. The lowest BCUT2D eigenvalue weighted by molar-refractivity contribution is -0.126. The number of rotatable bonds is 3. The number of hydrogen-bond donors (Lipinski definition) is 2. The summed E-state index contributed by atoms with van der Waals surface area (Å²) >= 11 is 0. The van der Waals surface area contributed by atoms with E-state index in [1.807, 2.05) is 12.1 Å². The molecule has 1 aromatic heterocycles. The van der Waals surface area contributed by atoms with Gasteiger partial charge in [0.25, 0.3) is 0 Å². The van der Waals surface area contributed by atoms with Gasteiger partial charge < -0.3 is 11.1 Å². The molecule has 0 aromatic carbocycles. The quantitative estimate of drug-likeness (QED) is 0.824. The molecule has 3 N–H and O–H groups in total. The third kappa shape index (κ3) is 3.53. The minimum absolute atomic E-state index is 0.0978. The molecule has 1 aliphatic rings. The van der Waals surface area contributed by atoms with Crippen LogP contribution in [0.25, 0.3) is 0 Å². The van der Waals surface area contributed by atoms with E-state index in [-0.39, 0.29) is 17.9 Å². The van der Waals surface area contributed by atoms with Crippen LogP contribution in [0.2, 0.25) is 0 Å². The Kier molecular flexibility index (Phi) is 4.09. The van der Waals surface area contributed by atoms with Gasteiger partial charge in [-0.3, -0.25) is 9.78 Å². The monoisotopic (exact) mass is 233 g/mol. The zero-order valence-corrected chi connectivity index (χ0v) is 9.93. The average Bonchev–Trinajstić information content (AvgIpc) is 2.37. The summed E-state index contributed by atoms with van der Waals surface area (Å²) < 4.78 is 0. The highest BCUT2D eigenvalue weighted by Gasteiger charge is 2.24. The summed E-state index contributed by atoms with van der Waals surface area (Å²) in [5.41, 5.74) is 6.96. The maximum Gasteiger partial charge on any atom is 0.223 e. The van der Waals surface area contributed by atoms with E-state index in [9.17, 15) is 4.79 Å². The van der Waals surface area contributed by atoms with Crippen LogP contribution in [0.3, 0.4) is 0 Å². The van der Waals surface area contributed by atoms with E-state index < -0.39 is 0 Å². The second-order valence-corrected chi connectivity index (χ2v) is 4.70. The molecular weight excluding hydrogens is 214 g/mol. The molecule has 17 heavy (non-hydrogen) atoms. The topological polar surface area (TPSA) is 68.0 Å². The van der Waals surface area contributed by atoms with Crippen molar-refractivity contribution in [1.29, 1.82) is 0 Å². The van der Waals surface area contributed by atoms with Crippen LogP contribution >= 0.6 is 0 Å². The Balaban J connectivity index is 1.81. The maximum atomic E-state index is 11.9. The van der Waals surface area contributed by atoms with Crippen molar-refractivity contribution in [2.75, 3.05) is 0 Å². The van der Waals surface area contributed by atoms with Gasteiger partial charge in [-0.05, 0) is 37.0 Å². The van der Waals surface area contributed by atoms with Crippen LogP contribution in [0.1, 0.15) is 31.2 Å². The van der Waals surface area contributed by atoms with Gasteiger partial charge in [0, 0.05) is 30.9 Å². The molecule has 1 heterocycles. The highest BCUT2D eigenvalue weighted by Crippen LogP contribution is 2.23. The van der Waals surface area contributed by atoms with E-state index in [1.165, 1.54) is 0 Å². The summed E-state index contributed by atoms with van der Waals surface area (Å²) in [7, 11) is 0. The molecule has 2 unspecified atom stereocenters. The number of pyridine rings is 1. The normalized spacial score (nSPS) is 24.3. The molecule has 1 amide bonds. The number of nitrogens with zero attached hydrogens (tertiary/aromatic N) is 1. The molecule has 0 bridgehead atoms. The Morgan fingerprint density at radius 3 is 2.88 bits per heavy atom. The fourth-order valence-corrected chi connectivity index (χ4v) is 2.30. The van der Waals surface area contributed by atoms with Crippen LogP contribution in [0.15, 0.2) is 24.5 Å². The number of carbonyl (C=O) groups is 1. The Hall–Kier alpha value is -1.42. The summed E-state index contributed by atoms with van der Waals surface area (Å²) in [5.74, 6) is 0.234. The Morgan fingerprint density at radius 1 is 1.41 bits per heavy atom. The first-order valence-corrected chi connectivity index (χ1v) is 6.18. The van der Waals surface area contributed by atoms with Gasteiger partial charge in [-0.25, -0.2) is 0 Å². The smallest absolute Gasteiger partial charge is 0.223 e. The molecule has 0 spiro atoms. The van der Waals surface area contributed by atoms with Gasteiger partial charge in [-0.1, -0.05) is 6.42 Å². The van der Waals surface area contributed by atoms with Crippen molar-refractivity contribution in [2.45, 2.75) is 38.3 Å². The van der Waals surface area contributed by atoms with E-state index in [2.05, 4.69) is 10.3 Å². The summed E-state index contributed by atoms with van der Waals surface area (Å²) in [5, 5.41) is 2.97. The highest BCUT2D eigenvalue weighted by atomic mass is 16.1. The van der Waals surface area contributed by atoms with E-state index in [0.29, 0.717) is 6.54 Å². The van der Waals surface area contributed by atoms with E-state index in [4.69, 9.17) is 5.73 Å². The lowest BCUT2D eigenvalue weighted by Crippen LogP contribution is -2.37. The standard InChI is InChI=1S/C13H19N3O/c14-12-3-1-2-11(8-12)13(17)16-9-10-4-6-15-7-5-10/h4-7,11-12H,1-3,8-9,14H2,(H,16,17). The molecule has 4 heteroatoms. The van der Waals surface area contributed by atoms with Crippen LogP contribution in [-0.4, -0.2) is 16.9 Å². The zero-order valence-electron chi connectivity index (χ0n) is 9.93. The molecule has 0 saturated heterocycles. The number of nitrogens with two attached hydrogens (primary N) is 1.